The Morgan fingerprint density at radius 2 is 2.00 bits per heavy atom. The van der Waals surface area contributed by atoms with Gasteiger partial charge in [0.2, 0.25) is 0 Å². The number of halogens is 2. The summed E-state index contributed by atoms with van der Waals surface area (Å²) in [6.45, 7) is 0.877. The van der Waals surface area contributed by atoms with Gasteiger partial charge in [-0.25, -0.2) is 17.2 Å². The molecule has 0 saturated carbocycles. The number of sulfonamides is 1. The van der Waals surface area contributed by atoms with E-state index < -0.39 is 23.1 Å². The molecule has 0 aliphatic heterocycles. The highest BCUT2D eigenvalue weighted by Gasteiger charge is 2.16. The molecule has 2 rings (SSSR count). The quantitative estimate of drug-likeness (QED) is 0.884. The Bertz CT molecular complexity index is 698. The Labute approximate surface area is 119 Å². The summed E-state index contributed by atoms with van der Waals surface area (Å²) in [5.41, 5.74) is 0. The van der Waals surface area contributed by atoms with Crippen LogP contribution < -0.4 is 9.46 Å². The van der Waals surface area contributed by atoms with Gasteiger partial charge in [0.15, 0.2) is 5.82 Å². The summed E-state index contributed by atoms with van der Waals surface area (Å²) in [5.74, 6) is 0.681. The second-order valence-corrected chi connectivity index (χ2v) is 5.78. The second-order valence-electron chi connectivity index (χ2n) is 4.10. The van der Waals surface area contributed by atoms with E-state index in [4.69, 9.17) is 9.26 Å². The number of aryl methyl sites for hydroxylation is 1. The Morgan fingerprint density at radius 1 is 1.33 bits per heavy atom. The van der Waals surface area contributed by atoms with Gasteiger partial charge in [-0.3, -0.25) is 4.72 Å². The van der Waals surface area contributed by atoms with Crippen LogP contribution in [0.25, 0.3) is 0 Å². The average molecular weight is 318 g/mol. The van der Waals surface area contributed by atoms with E-state index in [-0.39, 0.29) is 16.5 Å². The topological polar surface area (TPSA) is 81.4 Å². The standard InChI is InChI=1S/C12H12F2N2O4S/c1-8-6-12(15-20-8)16-21(17,18)10-4-2-9(3-5-10)19-7-11(13)14/h2-6,11H,7H2,1H3,(H,15,16). The second kappa shape index (κ2) is 6.08. The average Bonchev–Trinajstić information content (AvgIpc) is 2.81. The van der Waals surface area contributed by atoms with Gasteiger partial charge in [0.05, 0.1) is 4.90 Å². The summed E-state index contributed by atoms with van der Waals surface area (Å²) in [4.78, 5) is -0.0486. The van der Waals surface area contributed by atoms with E-state index in [1.807, 2.05) is 0 Å². The maximum Gasteiger partial charge on any atom is 0.272 e. The Balaban J connectivity index is 2.09. The molecular weight excluding hydrogens is 306 g/mol. The van der Waals surface area contributed by atoms with E-state index in [0.29, 0.717) is 5.76 Å². The number of aromatic nitrogens is 1. The van der Waals surface area contributed by atoms with Crippen molar-refractivity contribution in [2.45, 2.75) is 18.2 Å². The van der Waals surface area contributed by atoms with Gasteiger partial charge in [0.25, 0.3) is 16.4 Å². The van der Waals surface area contributed by atoms with Crippen molar-refractivity contribution in [1.82, 2.24) is 5.16 Å². The molecule has 0 amide bonds. The fraction of sp³-hybridized carbons (Fsp3) is 0.250. The van der Waals surface area contributed by atoms with Gasteiger partial charge in [-0.15, -0.1) is 0 Å². The maximum absolute atomic E-state index is 12.0. The third-order valence-electron chi connectivity index (χ3n) is 2.38. The molecule has 0 atom stereocenters. The van der Waals surface area contributed by atoms with Crippen LogP contribution in [0.3, 0.4) is 0 Å². The van der Waals surface area contributed by atoms with Crippen LogP contribution >= 0.6 is 0 Å². The third-order valence-corrected chi connectivity index (χ3v) is 3.75. The lowest BCUT2D eigenvalue weighted by Gasteiger charge is -2.07. The van der Waals surface area contributed by atoms with E-state index in [9.17, 15) is 17.2 Å². The lowest BCUT2D eigenvalue weighted by molar-refractivity contribution is 0.0819. The van der Waals surface area contributed by atoms with Crippen molar-refractivity contribution < 1.29 is 26.5 Å². The monoisotopic (exact) mass is 318 g/mol. The Morgan fingerprint density at radius 3 is 2.52 bits per heavy atom. The van der Waals surface area contributed by atoms with E-state index in [0.717, 1.165) is 0 Å². The van der Waals surface area contributed by atoms with Gasteiger partial charge >= 0.3 is 0 Å². The zero-order chi connectivity index (χ0) is 15.5. The third kappa shape index (κ3) is 4.15. The van der Waals surface area contributed by atoms with Crippen LogP contribution in [0.4, 0.5) is 14.6 Å². The van der Waals surface area contributed by atoms with Crippen molar-refractivity contribution in [2.75, 3.05) is 11.3 Å². The number of benzene rings is 1. The van der Waals surface area contributed by atoms with E-state index in [1.165, 1.54) is 30.3 Å². The highest BCUT2D eigenvalue weighted by molar-refractivity contribution is 7.92. The van der Waals surface area contributed by atoms with Gasteiger partial charge in [0.1, 0.15) is 18.1 Å². The summed E-state index contributed by atoms with van der Waals surface area (Å²) in [5, 5.41) is 3.52. The minimum absolute atomic E-state index is 0.0486. The van der Waals surface area contributed by atoms with E-state index >= 15 is 0 Å². The van der Waals surface area contributed by atoms with E-state index in [2.05, 4.69) is 9.88 Å². The molecular formula is C12H12F2N2O4S. The molecule has 1 heterocycles. The summed E-state index contributed by atoms with van der Waals surface area (Å²) in [7, 11) is -3.82. The van der Waals surface area contributed by atoms with Crippen LogP contribution in [0.2, 0.25) is 0 Å². The SMILES string of the molecule is Cc1cc(NS(=O)(=O)c2ccc(OCC(F)F)cc2)no1. The molecule has 6 nitrogen and oxygen atoms in total. The number of anilines is 1. The fourth-order valence-corrected chi connectivity index (χ4v) is 2.47. The first-order valence-corrected chi connectivity index (χ1v) is 7.32. The van der Waals surface area contributed by atoms with Crippen LogP contribution in [0.5, 0.6) is 5.75 Å². The van der Waals surface area contributed by atoms with Crippen LogP contribution in [0, 0.1) is 6.92 Å². The van der Waals surface area contributed by atoms with Crippen LogP contribution in [-0.2, 0) is 10.0 Å². The van der Waals surface area contributed by atoms with Crippen molar-refractivity contribution in [3.63, 3.8) is 0 Å². The number of nitrogens with one attached hydrogen (secondary N) is 1. The molecule has 0 aliphatic rings. The largest absolute Gasteiger partial charge is 0.488 e. The molecule has 0 bridgehead atoms. The molecule has 21 heavy (non-hydrogen) atoms. The minimum atomic E-state index is -3.82. The number of ether oxygens (including phenoxy) is 1. The van der Waals surface area contributed by atoms with Crippen molar-refractivity contribution in [3.8, 4) is 5.75 Å². The number of hydrogen-bond donors (Lipinski definition) is 1. The van der Waals surface area contributed by atoms with Gasteiger partial charge in [-0.2, -0.15) is 0 Å². The summed E-state index contributed by atoms with van der Waals surface area (Å²) < 4.78 is 59.8. The number of nitrogens with zero attached hydrogens (tertiary/aromatic N) is 1. The normalized spacial score (nSPS) is 11.6. The van der Waals surface area contributed by atoms with Crippen molar-refractivity contribution >= 4 is 15.8 Å². The van der Waals surface area contributed by atoms with Gasteiger partial charge in [-0.1, -0.05) is 5.16 Å². The van der Waals surface area contributed by atoms with Crippen molar-refractivity contribution in [2.24, 2.45) is 0 Å². The van der Waals surface area contributed by atoms with E-state index in [1.54, 1.807) is 6.92 Å². The Hall–Kier alpha value is -2.16. The first kappa shape index (κ1) is 15.2. The molecule has 0 fully saturated rings. The summed E-state index contributed by atoms with van der Waals surface area (Å²) in [6, 6.07) is 6.51. The Kier molecular flexibility index (Phi) is 4.41. The zero-order valence-electron chi connectivity index (χ0n) is 10.9. The molecule has 0 unspecified atom stereocenters. The van der Waals surface area contributed by atoms with Crippen LogP contribution in [0.1, 0.15) is 5.76 Å². The smallest absolute Gasteiger partial charge is 0.272 e. The molecule has 0 radical (unpaired) electrons. The fourth-order valence-electron chi connectivity index (χ4n) is 1.49. The van der Waals surface area contributed by atoms with Gasteiger partial charge in [-0.05, 0) is 31.2 Å². The molecule has 9 heteroatoms. The summed E-state index contributed by atoms with van der Waals surface area (Å²) in [6.07, 6.45) is -2.59. The highest BCUT2D eigenvalue weighted by atomic mass is 32.2. The molecule has 0 aliphatic carbocycles. The zero-order valence-corrected chi connectivity index (χ0v) is 11.7. The first-order chi connectivity index (χ1) is 9.87. The maximum atomic E-state index is 12.0. The van der Waals surface area contributed by atoms with Gasteiger partial charge < -0.3 is 9.26 Å². The molecule has 2 aromatic rings. The number of rotatable bonds is 6. The minimum Gasteiger partial charge on any atom is -0.488 e. The number of hydrogen-bond acceptors (Lipinski definition) is 5. The molecule has 1 aromatic carbocycles. The van der Waals surface area contributed by atoms with Crippen molar-refractivity contribution in [1.29, 1.82) is 0 Å². The highest BCUT2D eigenvalue weighted by Crippen LogP contribution is 2.19. The van der Waals surface area contributed by atoms with Gasteiger partial charge in [0, 0.05) is 6.07 Å². The first-order valence-electron chi connectivity index (χ1n) is 5.84. The number of alkyl halides is 2. The molecule has 0 spiro atoms. The predicted octanol–water partition coefficient (Wildman–Crippen LogP) is 2.43. The van der Waals surface area contributed by atoms with Crippen molar-refractivity contribution in [3.05, 3.63) is 36.1 Å². The molecule has 1 aromatic heterocycles. The lowest BCUT2D eigenvalue weighted by Crippen LogP contribution is -2.13. The molecule has 0 saturated heterocycles. The molecule has 114 valence electrons. The lowest BCUT2D eigenvalue weighted by atomic mass is 10.3. The summed E-state index contributed by atoms with van der Waals surface area (Å²) >= 11 is 0. The predicted molar refractivity (Wildman–Crippen MR) is 70.0 cm³/mol. The van der Waals surface area contributed by atoms with Crippen LogP contribution in [-0.4, -0.2) is 26.6 Å². The molecule has 1 N–H and O–H groups in total. The van der Waals surface area contributed by atoms with Crippen LogP contribution in [0.15, 0.2) is 39.8 Å².